The van der Waals surface area contributed by atoms with Crippen LogP contribution in [0.5, 0.6) is 0 Å². The van der Waals surface area contributed by atoms with E-state index in [2.05, 4.69) is 26.6 Å². The Kier molecular flexibility index (Phi) is 14.9. The van der Waals surface area contributed by atoms with Gasteiger partial charge in [0, 0.05) is 6.61 Å². The highest BCUT2D eigenvalue weighted by atomic mass is 28.4. The van der Waals surface area contributed by atoms with Crippen LogP contribution in [0.3, 0.4) is 0 Å². The van der Waals surface area contributed by atoms with Crippen LogP contribution in [0.2, 0.25) is 19.6 Å². The lowest BCUT2D eigenvalue weighted by Crippen LogP contribution is -2.27. The normalized spacial score (nSPS) is 12.0. The smallest absolute Gasteiger partial charge is 0.183 e. The zero-order valence-electron chi connectivity index (χ0n) is 14.3. The second-order valence-electron chi connectivity index (χ2n) is 5.76. The molecule has 0 atom stereocenters. The lowest BCUT2D eigenvalue weighted by atomic mass is 10.4. The maximum Gasteiger partial charge on any atom is 0.183 e. The minimum Gasteiger partial charge on any atom is -0.415 e. The van der Waals surface area contributed by atoms with Crippen molar-refractivity contribution in [3.8, 4) is 0 Å². The molecule has 0 heterocycles. The Morgan fingerprint density at radius 3 is 1.33 bits per heavy atom. The van der Waals surface area contributed by atoms with E-state index < -0.39 is 8.32 Å². The molecule has 0 unspecified atom stereocenters. The molecule has 5 nitrogen and oxygen atoms in total. The number of ether oxygens (including phenoxy) is 4. The molecule has 0 rings (SSSR count). The molecule has 0 amide bonds. The highest BCUT2D eigenvalue weighted by Crippen LogP contribution is 2.01. The van der Waals surface area contributed by atoms with Crippen LogP contribution in [0.15, 0.2) is 0 Å². The topological polar surface area (TPSA) is 46.2 Å². The van der Waals surface area contributed by atoms with Crippen LogP contribution in [0.1, 0.15) is 19.8 Å². The number of hydrogen-bond acceptors (Lipinski definition) is 5. The minimum atomic E-state index is -1.40. The van der Waals surface area contributed by atoms with Crippen molar-refractivity contribution in [1.29, 1.82) is 0 Å². The Hall–Kier alpha value is 0.0169. The van der Waals surface area contributed by atoms with E-state index >= 15 is 0 Å². The van der Waals surface area contributed by atoms with Crippen molar-refractivity contribution in [3.63, 3.8) is 0 Å². The molecule has 0 aliphatic heterocycles. The third-order valence-electron chi connectivity index (χ3n) is 2.52. The predicted molar refractivity (Wildman–Crippen MR) is 87.5 cm³/mol. The Balaban J connectivity index is 3.00. The third-order valence-corrected chi connectivity index (χ3v) is 3.59. The van der Waals surface area contributed by atoms with Gasteiger partial charge < -0.3 is 23.4 Å². The molecule has 0 aliphatic rings. The fourth-order valence-corrected chi connectivity index (χ4v) is 2.11. The SMILES string of the molecule is CCCCOCCOCCOCCOCCO[Si](C)(C)C. The van der Waals surface area contributed by atoms with Gasteiger partial charge >= 0.3 is 0 Å². The van der Waals surface area contributed by atoms with E-state index in [9.17, 15) is 0 Å². The minimum absolute atomic E-state index is 0.601. The number of unbranched alkanes of at least 4 members (excludes halogenated alkanes) is 1. The lowest BCUT2D eigenvalue weighted by molar-refractivity contribution is -0.00502. The van der Waals surface area contributed by atoms with Crippen molar-refractivity contribution in [2.45, 2.75) is 39.4 Å². The molecule has 21 heavy (non-hydrogen) atoms. The van der Waals surface area contributed by atoms with Gasteiger partial charge in [-0.1, -0.05) is 13.3 Å². The molecule has 0 saturated heterocycles. The van der Waals surface area contributed by atoms with E-state index in [0.717, 1.165) is 13.0 Å². The summed E-state index contributed by atoms with van der Waals surface area (Å²) in [4.78, 5) is 0. The molecular formula is C15H34O5Si. The second kappa shape index (κ2) is 14.9. The fourth-order valence-electron chi connectivity index (χ4n) is 1.41. The molecule has 0 radical (unpaired) electrons. The van der Waals surface area contributed by atoms with Crippen molar-refractivity contribution in [1.82, 2.24) is 0 Å². The summed E-state index contributed by atoms with van der Waals surface area (Å²) in [5, 5.41) is 0. The predicted octanol–water partition coefficient (Wildman–Crippen LogP) is 2.70. The van der Waals surface area contributed by atoms with Crippen molar-refractivity contribution < 1.29 is 23.4 Å². The van der Waals surface area contributed by atoms with Gasteiger partial charge in [-0.3, -0.25) is 0 Å². The fraction of sp³-hybridized carbons (Fsp3) is 1.00. The van der Waals surface area contributed by atoms with E-state index in [-0.39, 0.29) is 0 Å². The molecule has 0 aromatic rings. The van der Waals surface area contributed by atoms with Crippen LogP contribution in [-0.2, 0) is 23.4 Å². The Bertz CT molecular complexity index is 209. The third kappa shape index (κ3) is 20.0. The van der Waals surface area contributed by atoms with E-state index in [1.54, 1.807) is 0 Å². The van der Waals surface area contributed by atoms with E-state index in [0.29, 0.717) is 52.9 Å². The summed E-state index contributed by atoms with van der Waals surface area (Å²) in [6, 6.07) is 0. The molecule has 0 N–H and O–H groups in total. The Morgan fingerprint density at radius 2 is 0.952 bits per heavy atom. The first-order valence-corrected chi connectivity index (χ1v) is 11.4. The summed E-state index contributed by atoms with van der Waals surface area (Å²) >= 11 is 0. The highest BCUT2D eigenvalue weighted by Gasteiger charge is 2.12. The van der Waals surface area contributed by atoms with Gasteiger partial charge in [-0.05, 0) is 26.1 Å². The maximum absolute atomic E-state index is 5.68. The van der Waals surface area contributed by atoms with Gasteiger partial charge in [0.1, 0.15) is 0 Å². The van der Waals surface area contributed by atoms with Crippen LogP contribution in [0.25, 0.3) is 0 Å². The van der Waals surface area contributed by atoms with Gasteiger partial charge in [-0.2, -0.15) is 0 Å². The summed E-state index contributed by atoms with van der Waals surface area (Å²) in [5.74, 6) is 0. The van der Waals surface area contributed by atoms with Gasteiger partial charge in [-0.15, -0.1) is 0 Å². The average molecular weight is 323 g/mol. The van der Waals surface area contributed by atoms with Crippen molar-refractivity contribution in [2.75, 3.05) is 59.5 Å². The first-order chi connectivity index (χ1) is 10.1. The van der Waals surface area contributed by atoms with Crippen LogP contribution < -0.4 is 0 Å². The molecular weight excluding hydrogens is 288 g/mol. The summed E-state index contributed by atoms with van der Waals surface area (Å²) in [6.07, 6.45) is 2.28. The first-order valence-electron chi connectivity index (χ1n) is 8.01. The van der Waals surface area contributed by atoms with Crippen LogP contribution in [-0.4, -0.2) is 67.8 Å². The van der Waals surface area contributed by atoms with Crippen LogP contribution in [0.4, 0.5) is 0 Å². The zero-order valence-corrected chi connectivity index (χ0v) is 15.3. The van der Waals surface area contributed by atoms with Crippen molar-refractivity contribution in [2.24, 2.45) is 0 Å². The molecule has 0 saturated carbocycles. The molecule has 0 fully saturated rings. The highest BCUT2D eigenvalue weighted by molar-refractivity contribution is 6.69. The van der Waals surface area contributed by atoms with Crippen molar-refractivity contribution in [3.05, 3.63) is 0 Å². The average Bonchev–Trinajstić information content (AvgIpc) is 2.42. The van der Waals surface area contributed by atoms with Crippen molar-refractivity contribution >= 4 is 8.32 Å². The first kappa shape index (κ1) is 21.0. The Labute approximate surface area is 131 Å². The molecule has 0 spiro atoms. The van der Waals surface area contributed by atoms with Gasteiger partial charge in [0.15, 0.2) is 8.32 Å². The quantitative estimate of drug-likeness (QED) is 0.323. The number of hydrogen-bond donors (Lipinski definition) is 0. The van der Waals surface area contributed by atoms with Gasteiger partial charge in [-0.25, -0.2) is 0 Å². The van der Waals surface area contributed by atoms with Crippen LogP contribution in [0, 0.1) is 0 Å². The monoisotopic (exact) mass is 322 g/mol. The van der Waals surface area contributed by atoms with E-state index in [4.69, 9.17) is 23.4 Å². The second-order valence-corrected chi connectivity index (χ2v) is 10.3. The number of rotatable bonds is 16. The molecule has 0 aliphatic carbocycles. The maximum atomic E-state index is 5.68. The molecule has 0 bridgehead atoms. The van der Waals surface area contributed by atoms with Crippen LogP contribution >= 0.6 is 0 Å². The molecule has 0 aromatic carbocycles. The Morgan fingerprint density at radius 1 is 0.571 bits per heavy atom. The summed E-state index contributed by atoms with van der Waals surface area (Å²) < 4.78 is 27.3. The van der Waals surface area contributed by atoms with E-state index in [1.807, 2.05) is 0 Å². The standard InChI is InChI=1S/C15H34O5Si/c1-5-6-7-16-8-9-17-10-11-18-12-13-19-14-15-20-21(2,3)4/h5-15H2,1-4H3. The summed E-state index contributed by atoms with van der Waals surface area (Å²) in [7, 11) is -1.40. The molecule has 6 heteroatoms. The molecule has 0 aromatic heterocycles. The zero-order chi connectivity index (χ0) is 15.8. The lowest BCUT2D eigenvalue weighted by Gasteiger charge is -2.16. The van der Waals surface area contributed by atoms with E-state index in [1.165, 1.54) is 6.42 Å². The largest absolute Gasteiger partial charge is 0.415 e. The van der Waals surface area contributed by atoms with Gasteiger partial charge in [0.2, 0.25) is 0 Å². The van der Waals surface area contributed by atoms with Gasteiger partial charge in [0.05, 0.1) is 52.9 Å². The van der Waals surface area contributed by atoms with Gasteiger partial charge in [0.25, 0.3) is 0 Å². The molecule has 128 valence electrons. The summed E-state index contributed by atoms with van der Waals surface area (Å²) in [6.45, 7) is 14.5. The summed E-state index contributed by atoms with van der Waals surface area (Å²) in [5.41, 5.74) is 0.